The van der Waals surface area contributed by atoms with E-state index in [0.29, 0.717) is 10.0 Å². The quantitative estimate of drug-likeness (QED) is 0.185. The van der Waals surface area contributed by atoms with Crippen LogP contribution in [-0.2, 0) is 21.2 Å². The smallest absolute Gasteiger partial charge is 0.480 e. The van der Waals surface area contributed by atoms with Crippen molar-refractivity contribution in [3.63, 3.8) is 0 Å². The third-order valence-corrected chi connectivity index (χ3v) is 7.84. The van der Waals surface area contributed by atoms with Crippen molar-refractivity contribution in [2.24, 2.45) is 0 Å². The second-order valence-corrected chi connectivity index (χ2v) is 11.5. The van der Waals surface area contributed by atoms with Crippen LogP contribution in [0.15, 0.2) is 106 Å². The molecular formula is C29H22BrF3N2O6S. The third-order valence-electron chi connectivity index (χ3n) is 5.94. The number of aliphatic carboxylic acids is 1. The van der Waals surface area contributed by atoms with Gasteiger partial charge in [-0.3, -0.25) is 9.52 Å². The fourth-order valence-corrected chi connectivity index (χ4v) is 5.58. The van der Waals surface area contributed by atoms with E-state index in [1.165, 1.54) is 30.3 Å². The van der Waals surface area contributed by atoms with E-state index in [-0.39, 0.29) is 17.7 Å². The molecule has 8 nitrogen and oxygen atoms in total. The van der Waals surface area contributed by atoms with Crippen LogP contribution >= 0.6 is 15.9 Å². The number of hydrogen-bond acceptors (Lipinski definition) is 5. The van der Waals surface area contributed by atoms with Gasteiger partial charge in [0.15, 0.2) is 0 Å². The number of anilines is 1. The molecule has 0 saturated heterocycles. The molecule has 0 aliphatic rings. The zero-order chi connectivity index (χ0) is 30.5. The summed E-state index contributed by atoms with van der Waals surface area (Å²) in [5, 5.41) is 12.2. The number of alkyl halides is 3. The van der Waals surface area contributed by atoms with E-state index in [2.05, 4.69) is 30.7 Å². The highest BCUT2D eigenvalue weighted by molar-refractivity contribution is 9.10. The van der Waals surface area contributed by atoms with E-state index in [4.69, 9.17) is 0 Å². The molecule has 0 radical (unpaired) electrons. The zero-order valence-corrected chi connectivity index (χ0v) is 23.8. The standard InChI is InChI=1S/C29H22BrF3N2O6S/c30-21-14-15-23(35-42(39,40)26-9-5-4-8-25(26)41-29(31,32)33)22(17-21)27(36)34-24(28(37)38)16-18-10-12-20(13-11-18)19-6-2-1-3-7-19/h1-15,17,24,35H,16H2,(H,34,36)(H,37,38)/t24-/m0/s1. The highest BCUT2D eigenvalue weighted by Crippen LogP contribution is 2.32. The minimum absolute atomic E-state index is 0.0760. The van der Waals surface area contributed by atoms with Gasteiger partial charge in [-0.05, 0) is 47.0 Å². The van der Waals surface area contributed by atoms with Crippen LogP contribution in [0, 0.1) is 0 Å². The summed E-state index contributed by atoms with van der Waals surface area (Å²) in [7, 11) is -4.69. The number of carbonyl (C=O) groups is 2. The molecule has 0 aromatic heterocycles. The monoisotopic (exact) mass is 662 g/mol. The number of hydrogen-bond donors (Lipinski definition) is 3. The fraction of sp³-hybridized carbons (Fsp3) is 0.103. The van der Waals surface area contributed by atoms with Gasteiger partial charge in [0.2, 0.25) is 0 Å². The van der Waals surface area contributed by atoms with Crippen molar-refractivity contribution >= 4 is 43.5 Å². The van der Waals surface area contributed by atoms with Gasteiger partial charge in [-0.1, -0.05) is 82.7 Å². The number of nitrogens with one attached hydrogen (secondary N) is 2. The molecule has 13 heteroatoms. The van der Waals surface area contributed by atoms with Crippen molar-refractivity contribution in [2.45, 2.75) is 23.7 Å². The Morgan fingerprint density at radius 1 is 0.881 bits per heavy atom. The summed E-state index contributed by atoms with van der Waals surface area (Å²) in [6.45, 7) is 0. The largest absolute Gasteiger partial charge is 0.573 e. The lowest BCUT2D eigenvalue weighted by atomic mass is 10.0. The van der Waals surface area contributed by atoms with Crippen LogP contribution in [0.25, 0.3) is 11.1 Å². The first-order chi connectivity index (χ1) is 19.8. The van der Waals surface area contributed by atoms with Crippen molar-refractivity contribution in [3.8, 4) is 16.9 Å². The Bertz CT molecular complexity index is 1700. The number of amides is 1. The maximum absolute atomic E-state index is 13.2. The number of carboxylic acid groups (broad SMARTS) is 1. The molecule has 0 unspecified atom stereocenters. The predicted octanol–water partition coefficient (Wildman–Crippen LogP) is 6.24. The molecule has 4 aromatic carbocycles. The number of halogens is 4. The van der Waals surface area contributed by atoms with Gasteiger partial charge in [0.1, 0.15) is 16.7 Å². The van der Waals surface area contributed by atoms with Gasteiger partial charge < -0.3 is 15.2 Å². The Kier molecular flexibility index (Phi) is 9.22. The topological polar surface area (TPSA) is 122 Å². The van der Waals surface area contributed by atoms with Crippen molar-refractivity contribution in [1.82, 2.24) is 5.32 Å². The molecule has 1 amide bonds. The van der Waals surface area contributed by atoms with E-state index in [9.17, 15) is 36.3 Å². The van der Waals surface area contributed by atoms with Crippen LogP contribution in [0.3, 0.4) is 0 Å². The van der Waals surface area contributed by atoms with Crippen LogP contribution in [0.4, 0.5) is 18.9 Å². The van der Waals surface area contributed by atoms with Crippen LogP contribution in [0.5, 0.6) is 5.75 Å². The van der Waals surface area contributed by atoms with Crippen LogP contribution in [-0.4, -0.2) is 37.8 Å². The molecule has 4 rings (SSSR count). The molecule has 0 heterocycles. The molecule has 0 aliphatic heterocycles. The summed E-state index contributed by atoms with van der Waals surface area (Å²) in [4.78, 5) is 24.4. The number of ether oxygens (including phenoxy) is 1. The van der Waals surface area contributed by atoms with Crippen LogP contribution in [0.1, 0.15) is 15.9 Å². The molecule has 0 spiro atoms. The molecular weight excluding hydrogens is 641 g/mol. The van der Waals surface area contributed by atoms with Gasteiger partial charge >= 0.3 is 12.3 Å². The maximum atomic E-state index is 13.2. The predicted molar refractivity (Wildman–Crippen MR) is 153 cm³/mol. The van der Waals surface area contributed by atoms with Gasteiger partial charge in [-0.15, -0.1) is 13.2 Å². The summed E-state index contributed by atoms with van der Waals surface area (Å²) in [6.07, 6.45) is -5.23. The highest BCUT2D eigenvalue weighted by Gasteiger charge is 2.34. The number of benzene rings is 4. The zero-order valence-electron chi connectivity index (χ0n) is 21.4. The molecule has 0 saturated carbocycles. The molecule has 0 bridgehead atoms. The number of carbonyl (C=O) groups excluding carboxylic acids is 1. The van der Waals surface area contributed by atoms with Crippen molar-refractivity contribution in [2.75, 3.05) is 4.72 Å². The first-order valence-corrected chi connectivity index (χ1v) is 14.5. The summed E-state index contributed by atoms with van der Waals surface area (Å²) >= 11 is 3.19. The van der Waals surface area contributed by atoms with E-state index in [1.807, 2.05) is 42.5 Å². The van der Waals surface area contributed by atoms with Crippen molar-refractivity contribution in [1.29, 1.82) is 0 Å². The average molecular weight is 663 g/mol. The number of para-hydroxylation sites is 1. The minimum Gasteiger partial charge on any atom is -0.480 e. The lowest BCUT2D eigenvalue weighted by Gasteiger charge is -2.18. The average Bonchev–Trinajstić information content (AvgIpc) is 2.93. The fourth-order valence-electron chi connectivity index (χ4n) is 4.01. The Morgan fingerprint density at radius 2 is 1.50 bits per heavy atom. The van der Waals surface area contributed by atoms with Gasteiger partial charge in [0, 0.05) is 10.9 Å². The lowest BCUT2D eigenvalue weighted by molar-refractivity contribution is -0.275. The Labute approximate surface area is 247 Å². The molecule has 4 aromatic rings. The maximum Gasteiger partial charge on any atom is 0.573 e. The van der Waals surface area contributed by atoms with Crippen molar-refractivity contribution in [3.05, 3.63) is 113 Å². The Morgan fingerprint density at radius 3 is 2.14 bits per heavy atom. The van der Waals surface area contributed by atoms with Crippen LogP contribution < -0.4 is 14.8 Å². The normalized spacial score (nSPS) is 12.3. The van der Waals surface area contributed by atoms with E-state index < -0.39 is 44.9 Å². The Balaban J connectivity index is 1.56. The second-order valence-electron chi connectivity index (χ2n) is 8.92. The lowest BCUT2D eigenvalue weighted by Crippen LogP contribution is -2.42. The second kappa shape index (κ2) is 12.7. The third kappa shape index (κ3) is 7.89. The minimum atomic E-state index is -5.15. The molecule has 3 N–H and O–H groups in total. The number of carboxylic acids is 1. The first kappa shape index (κ1) is 30.6. The first-order valence-electron chi connectivity index (χ1n) is 12.2. The Hall–Kier alpha value is -4.36. The van der Waals surface area contributed by atoms with Crippen LogP contribution in [0.2, 0.25) is 0 Å². The van der Waals surface area contributed by atoms with Gasteiger partial charge in [-0.2, -0.15) is 0 Å². The summed E-state index contributed by atoms with van der Waals surface area (Å²) < 4.78 is 71.0. The number of rotatable bonds is 10. The highest BCUT2D eigenvalue weighted by atomic mass is 79.9. The van der Waals surface area contributed by atoms with Gasteiger partial charge in [0.25, 0.3) is 15.9 Å². The molecule has 0 fully saturated rings. The van der Waals surface area contributed by atoms with Crippen molar-refractivity contribution < 1.29 is 41.0 Å². The van der Waals surface area contributed by atoms with Gasteiger partial charge in [-0.25, -0.2) is 13.2 Å². The summed E-state index contributed by atoms with van der Waals surface area (Å²) in [5.41, 5.74) is 1.95. The molecule has 218 valence electrons. The SMILES string of the molecule is O=C(N[C@@H](Cc1ccc(-c2ccccc2)cc1)C(=O)O)c1cc(Br)ccc1NS(=O)(=O)c1ccccc1OC(F)(F)F. The van der Waals surface area contributed by atoms with E-state index in [0.717, 1.165) is 23.3 Å². The molecule has 1 atom stereocenters. The van der Waals surface area contributed by atoms with E-state index in [1.54, 1.807) is 12.1 Å². The summed E-state index contributed by atoms with van der Waals surface area (Å²) in [5.74, 6) is -3.22. The molecule has 42 heavy (non-hydrogen) atoms. The van der Waals surface area contributed by atoms with E-state index >= 15 is 0 Å². The van der Waals surface area contributed by atoms with Gasteiger partial charge in [0.05, 0.1) is 11.3 Å². The number of sulfonamides is 1. The molecule has 0 aliphatic carbocycles. The summed E-state index contributed by atoms with van der Waals surface area (Å²) in [6, 6.07) is 23.3.